The second kappa shape index (κ2) is 7.86. The summed E-state index contributed by atoms with van der Waals surface area (Å²) in [5, 5.41) is 0. The van der Waals surface area contributed by atoms with Crippen molar-refractivity contribution in [1.82, 2.24) is 0 Å². The summed E-state index contributed by atoms with van der Waals surface area (Å²) in [6.07, 6.45) is 3.85. The molecule has 0 aliphatic rings. The van der Waals surface area contributed by atoms with Crippen LogP contribution in [0.25, 0.3) is 0 Å². The molecule has 1 unspecified atom stereocenters. The molecule has 4 heteroatoms. The van der Waals surface area contributed by atoms with Gasteiger partial charge in [-0.15, -0.1) is 0 Å². The van der Waals surface area contributed by atoms with Crippen LogP contribution in [0.15, 0.2) is 4.99 Å². The van der Waals surface area contributed by atoms with Gasteiger partial charge >= 0.3 is 0 Å². The maximum absolute atomic E-state index is 5.48. The van der Waals surface area contributed by atoms with E-state index in [4.69, 9.17) is 16.2 Å². The first-order chi connectivity index (χ1) is 6.16. The Labute approximate surface area is 80.3 Å². The maximum Gasteiger partial charge on any atom is 0.185 e. The number of rotatable bonds is 7. The van der Waals surface area contributed by atoms with Gasteiger partial charge in [-0.05, 0) is 13.3 Å². The number of guanidine groups is 1. The van der Waals surface area contributed by atoms with Crippen molar-refractivity contribution in [2.45, 2.75) is 39.2 Å². The van der Waals surface area contributed by atoms with Crippen LogP contribution < -0.4 is 11.5 Å². The van der Waals surface area contributed by atoms with Crippen molar-refractivity contribution in [3.8, 4) is 0 Å². The molecule has 0 fully saturated rings. The normalized spacial score (nSPS) is 12.5. The zero-order valence-electron chi connectivity index (χ0n) is 8.62. The van der Waals surface area contributed by atoms with E-state index in [0.717, 1.165) is 6.42 Å². The minimum Gasteiger partial charge on any atom is -0.377 e. The Balaban J connectivity index is 3.26. The molecule has 1 atom stereocenters. The average Bonchev–Trinajstić information content (AvgIpc) is 2.08. The van der Waals surface area contributed by atoms with E-state index in [1.807, 2.05) is 0 Å². The van der Waals surface area contributed by atoms with E-state index in [1.54, 1.807) is 0 Å². The van der Waals surface area contributed by atoms with Crippen LogP contribution in [0.5, 0.6) is 0 Å². The van der Waals surface area contributed by atoms with Crippen LogP contribution in [-0.4, -0.2) is 25.2 Å². The quantitative estimate of drug-likeness (QED) is 0.352. The molecule has 0 rings (SSSR count). The largest absolute Gasteiger partial charge is 0.377 e. The van der Waals surface area contributed by atoms with Crippen LogP contribution in [0.2, 0.25) is 0 Å². The second-order valence-corrected chi connectivity index (χ2v) is 3.13. The van der Waals surface area contributed by atoms with Crippen LogP contribution in [0.3, 0.4) is 0 Å². The Bertz CT molecular complexity index is 144. The third-order valence-corrected chi connectivity index (χ3v) is 1.75. The second-order valence-electron chi connectivity index (χ2n) is 3.13. The maximum atomic E-state index is 5.48. The van der Waals surface area contributed by atoms with E-state index < -0.39 is 0 Å². The first kappa shape index (κ1) is 12.2. The lowest BCUT2D eigenvalue weighted by molar-refractivity contribution is 0.0647. The summed E-state index contributed by atoms with van der Waals surface area (Å²) in [6, 6.07) is 0. The standard InChI is InChI=1S/C9H21N3O/c1-3-4-5-8(2)13-7-6-12-9(10)11/h8H,3-7H2,1-2H3,(H4,10,11,12). The molecule has 0 spiro atoms. The Kier molecular flexibility index (Phi) is 7.39. The van der Waals surface area contributed by atoms with E-state index in [2.05, 4.69) is 18.8 Å². The average molecular weight is 187 g/mol. The highest BCUT2D eigenvalue weighted by Crippen LogP contribution is 2.03. The zero-order chi connectivity index (χ0) is 10.1. The van der Waals surface area contributed by atoms with Crippen molar-refractivity contribution < 1.29 is 4.74 Å². The molecule has 0 heterocycles. The number of unbranched alkanes of at least 4 members (excludes halogenated alkanes) is 1. The van der Waals surface area contributed by atoms with Gasteiger partial charge < -0.3 is 16.2 Å². The van der Waals surface area contributed by atoms with Crippen molar-refractivity contribution in [3.63, 3.8) is 0 Å². The molecule has 0 bridgehead atoms. The summed E-state index contributed by atoms with van der Waals surface area (Å²) < 4.78 is 5.48. The van der Waals surface area contributed by atoms with Crippen LogP contribution in [-0.2, 0) is 4.74 Å². The molecule has 0 aromatic heterocycles. The first-order valence-corrected chi connectivity index (χ1v) is 4.83. The highest BCUT2D eigenvalue weighted by Gasteiger charge is 1.99. The lowest BCUT2D eigenvalue weighted by Gasteiger charge is -2.10. The molecule has 13 heavy (non-hydrogen) atoms. The molecular formula is C9H21N3O. The Morgan fingerprint density at radius 1 is 1.46 bits per heavy atom. The summed E-state index contributed by atoms with van der Waals surface area (Å²) in [5.41, 5.74) is 10.3. The number of aliphatic imine (C=N–C) groups is 1. The third-order valence-electron chi connectivity index (χ3n) is 1.75. The molecular weight excluding hydrogens is 166 g/mol. The highest BCUT2D eigenvalue weighted by atomic mass is 16.5. The smallest absolute Gasteiger partial charge is 0.185 e. The number of nitrogens with two attached hydrogens (primary N) is 2. The van der Waals surface area contributed by atoms with Gasteiger partial charge in [0.05, 0.1) is 19.3 Å². The van der Waals surface area contributed by atoms with Crippen molar-refractivity contribution in [2.24, 2.45) is 16.5 Å². The van der Waals surface area contributed by atoms with Crippen molar-refractivity contribution in [3.05, 3.63) is 0 Å². The Morgan fingerprint density at radius 2 is 2.15 bits per heavy atom. The Morgan fingerprint density at radius 3 is 2.69 bits per heavy atom. The van der Waals surface area contributed by atoms with E-state index in [1.165, 1.54) is 12.8 Å². The van der Waals surface area contributed by atoms with Crippen molar-refractivity contribution in [2.75, 3.05) is 13.2 Å². The molecule has 4 N–H and O–H groups in total. The predicted octanol–water partition coefficient (Wildman–Crippen LogP) is 0.855. The van der Waals surface area contributed by atoms with Crippen LogP contribution in [0, 0.1) is 0 Å². The summed E-state index contributed by atoms with van der Waals surface area (Å²) in [4.78, 5) is 3.82. The number of nitrogens with zero attached hydrogens (tertiary/aromatic N) is 1. The van der Waals surface area contributed by atoms with Gasteiger partial charge in [-0.25, -0.2) is 0 Å². The minimum atomic E-state index is 0.129. The van der Waals surface area contributed by atoms with Crippen LogP contribution >= 0.6 is 0 Å². The van der Waals surface area contributed by atoms with Crippen molar-refractivity contribution >= 4 is 5.96 Å². The number of ether oxygens (including phenoxy) is 1. The topological polar surface area (TPSA) is 73.6 Å². The van der Waals surface area contributed by atoms with E-state index >= 15 is 0 Å². The minimum absolute atomic E-state index is 0.129. The van der Waals surface area contributed by atoms with Gasteiger partial charge in [0, 0.05) is 0 Å². The van der Waals surface area contributed by atoms with Crippen LogP contribution in [0.1, 0.15) is 33.1 Å². The molecule has 0 aliphatic heterocycles. The van der Waals surface area contributed by atoms with Crippen LogP contribution in [0.4, 0.5) is 0 Å². The number of hydrogen-bond acceptors (Lipinski definition) is 2. The molecule has 0 amide bonds. The van der Waals surface area contributed by atoms with Crippen molar-refractivity contribution in [1.29, 1.82) is 0 Å². The third kappa shape index (κ3) is 9.14. The lowest BCUT2D eigenvalue weighted by atomic mass is 10.2. The predicted molar refractivity (Wildman–Crippen MR) is 55.6 cm³/mol. The van der Waals surface area contributed by atoms with Gasteiger partial charge in [-0.2, -0.15) is 0 Å². The molecule has 0 saturated heterocycles. The Hall–Kier alpha value is -0.770. The zero-order valence-corrected chi connectivity index (χ0v) is 8.62. The lowest BCUT2D eigenvalue weighted by Crippen LogP contribution is -2.23. The van der Waals surface area contributed by atoms with Gasteiger partial charge in [-0.3, -0.25) is 4.99 Å². The number of hydrogen-bond donors (Lipinski definition) is 2. The van der Waals surface area contributed by atoms with E-state index in [0.29, 0.717) is 19.3 Å². The fraction of sp³-hybridized carbons (Fsp3) is 0.889. The molecule has 4 nitrogen and oxygen atoms in total. The molecule has 0 saturated carbocycles. The fourth-order valence-corrected chi connectivity index (χ4v) is 1.00. The summed E-state index contributed by atoms with van der Waals surface area (Å²) in [5.74, 6) is 0.129. The van der Waals surface area contributed by atoms with E-state index in [-0.39, 0.29) is 5.96 Å². The summed E-state index contributed by atoms with van der Waals surface area (Å²) in [6.45, 7) is 5.40. The van der Waals surface area contributed by atoms with Gasteiger partial charge in [0.25, 0.3) is 0 Å². The van der Waals surface area contributed by atoms with Gasteiger partial charge in [0.15, 0.2) is 5.96 Å². The molecule has 78 valence electrons. The van der Waals surface area contributed by atoms with Gasteiger partial charge in [-0.1, -0.05) is 19.8 Å². The molecule has 0 aliphatic carbocycles. The first-order valence-electron chi connectivity index (χ1n) is 4.83. The summed E-state index contributed by atoms with van der Waals surface area (Å²) >= 11 is 0. The molecule has 0 aromatic rings. The highest BCUT2D eigenvalue weighted by molar-refractivity contribution is 5.75. The molecule has 0 radical (unpaired) electrons. The van der Waals surface area contributed by atoms with Gasteiger partial charge in [0.1, 0.15) is 0 Å². The summed E-state index contributed by atoms with van der Waals surface area (Å²) in [7, 11) is 0. The SMILES string of the molecule is CCCCC(C)OCCN=C(N)N. The van der Waals surface area contributed by atoms with E-state index in [9.17, 15) is 0 Å². The monoisotopic (exact) mass is 187 g/mol. The fourth-order valence-electron chi connectivity index (χ4n) is 1.00. The van der Waals surface area contributed by atoms with Gasteiger partial charge in [0.2, 0.25) is 0 Å². The molecule has 0 aromatic carbocycles.